The van der Waals surface area contributed by atoms with Crippen LogP contribution in [0.2, 0.25) is 0 Å². The minimum Gasteiger partial charge on any atom is -0.493 e. The van der Waals surface area contributed by atoms with Gasteiger partial charge in [-0.05, 0) is 25.0 Å². The van der Waals surface area contributed by atoms with E-state index in [-0.39, 0.29) is 11.8 Å². The largest absolute Gasteiger partial charge is 0.493 e. The molecule has 0 bridgehead atoms. The average molecular weight is 407 g/mol. The van der Waals surface area contributed by atoms with E-state index in [1.54, 1.807) is 21.3 Å². The van der Waals surface area contributed by atoms with Crippen LogP contribution < -0.4 is 14.2 Å². The van der Waals surface area contributed by atoms with Crippen molar-refractivity contribution in [2.24, 2.45) is 5.92 Å². The maximum absolute atomic E-state index is 12.5. The summed E-state index contributed by atoms with van der Waals surface area (Å²) in [6, 6.07) is 5.49. The molecular weight excluding hydrogens is 380 g/mol. The summed E-state index contributed by atoms with van der Waals surface area (Å²) >= 11 is 1.51. The minimum absolute atomic E-state index is 0.177. The zero-order chi connectivity index (χ0) is 19.9. The van der Waals surface area contributed by atoms with Crippen LogP contribution in [0.3, 0.4) is 0 Å². The second kappa shape index (κ2) is 9.75. The zero-order valence-electron chi connectivity index (χ0n) is 16.5. The number of aromatic nitrogens is 1. The van der Waals surface area contributed by atoms with Crippen molar-refractivity contribution in [3.63, 3.8) is 0 Å². The third kappa shape index (κ3) is 5.14. The van der Waals surface area contributed by atoms with Crippen LogP contribution in [0.15, 0.2) is 23.6 Å². The maximum atomic E-state index is 12.5. The molecule has 3 rings (SSSR count). The molecule has 0 saturated heterocycles. The lowest BCUT2D eigenvalue weighted by molar-refractivity contribution is -0.133. The first-order valence-corrected chi connectivity index (χ1v) is 10.1. The van der Waals surface area contributed by atoms with Gasteiger partial charge in [0.05, 0.1) is 33.1 Å². The van der Waals surface area contributed by atoms with Gasteiger partial charge in [-0.25, -0.2) is 4.98 Å². The van der Waals surface area contributed by atoms with E-state index < -0.39 is 0 Å². The van der Waals surface area contributed by atoms with Crippen LogP contribution >= 0.6 is 11.3 Å². The molecule has 28 heavy (non-hydrogen) atoms. The minimum atomic E-state index is 0.177. The number of thiazole rings is 1. The third-order valence-electron chi connectivity index (χ3n) is 4.48. The Morgan fingerprint density at radius 1 is 1.21 bits per heavy atom. The summed E-state index contributed by atoms with van der Waals surface area (Å²) in [5, 5.41) is 2.80. The van der Waals surface area contributed by atoms with E-state index in [9.17, 15) is 4.79 Å². The van der Waals surface area contributed by atoms with Crippen molar-refractivity contribution in [2.75, 3.05) is 34.5 Å². The molecule has 1 aliphatic carbocycles. The number of carbonyl (C=O) groups excluding carboxylic acids is 1. The second-order valence-electron chi connectivity index (χ2n) is 6.54. The fraction of sp³-hybridized carbons (Fsp3) is 0.500. The summed E-state index contributed by atoms with van der Waals surface area (Å²) in [5.41, 5.74) is 0.862. The summed E-state index contributed by atoms with van der Waals surface area (Å²) < 4.78 is 21.8. The lowest BCUT2D eigenvalue weighted by Crippen LogP contribution is -2.34. The monoisotopic (exact) mass is 406 g/mol. The number of carbonyl (C=O) groups is 1. The smallest absolute Gasteiger partial charge is 0.226 e. The van der Waals surface area contributed by atoms with Gasteiger partial charge in [0.25, 0.3) is 0 Å². The first kappa shape index (κ1) is 20.4. The molecule has 0 spiro atoms. The summed E-state index contributed by atoms with van der Waals surface area (Å²) in [6.45, 7) is 1.89. The highest BCUT2D eigenvalue weighted by atomic mass is 32.1. The Bertz CT molecular complexity index is 768. The first-order chi connectivity index (χ1) is 13.7. The molecule has 1 aromatic carbocycles. The van der Waals surface area contributed by atoms with Crippen LogP contribution in [0.25, 0.3) is 0 Å². The van der Waals surface area contributed by atoms with Crippen LogP contribution in [0.1, 0.15) is 23.5 Å². The number of hydrogen-bond donors (Lipinski definition) is 0. The average Bonchev–Trinajstić information content (AvgIpc) is 3.48. The van der Waals surface area contributed by atoms with Gasteiger partial charge >= 0.3 is 0 Å². The van der Waals surface area contributed by atoms with E-state index in [4.69, 9.17) is 18.9 Å². The molecule has 152 valence electrons. The molecule has 2 aromatic rings. The van der Waals surface area contributed by atoms with Crippen LogP contribution in [0.4, 0.5) is 0 Å². The summed E-state index contributed by atoms with van der Waals surface area (Å²) in [6.07, 6.45) is 1.97. The molecule has 1 fully saturated rings. The normalized spacial score (nSPS) is 13.2. The first-order valence-electron chi connectivity index (χ1n) is 9.21. The molecular formula is C20H26N2O5S. The number of rotatable bonds is 11. The number of benzene rings is 1. The van der Waals surface area contributed by atoms with Gasteiger partial charge in [-0.3, -0.25) is 4.79 Å². The Balaban J connectivity index is 1.63. The lowest BCUT2D eigenvalue weighted by Gasteiger charge is -2.21. The molecule has 1 aromatic heterocycles. The molecule has 0 aliphatic heterocycles. The molecule has 0 radical (unpaired) electrons. The molecule has 1 heterocycles. The van der Waals surface area contributed by atoms with Gasteiger partial charge in [-0.1, -0.05) is 6.07 Å². The molecule has 0 atom stereocenters. The standard InChI is InChI=1S/C20H26N2O5S/c1-24-10-9-22(20(23)14-7-8-14)11-15-13-28-18(21-15)12-27-19-16(25-2)5-4-6-17(19)26-3/h4-6,13-14H,7-12H2,1-3H3. The highest BCUT2D eigenvalue weighted by Gasteiger charge is 2.33. The van der Waals surface area contributed by atoms with Crippen molar-refractivity contribution in [2.45, 2.75) is 26.0 Å². The van der Waals surface area contributed by atoms with Gasteiger partial charge in [-0.15, -0.1) is 11.3 Å². The maximum Gasteiger partial charge on any atom is 0.226 e. The van der Waals surface area contributed by atoms with Crippen molar-refractivity contribution >= 4 is 17.2 Å². The molecule has 0 N–H and O–H groups in total. The van der Waals surface area contributed by atoms with Crippen molar-refractivity contribution in [1.82, 2.24) is 9.88 Å². The van der Waals surface area contributed by atoms with E-state index in [2.05, 4.69) is 4.98 Å². The van der Waals surface area contributed by atoms with E-state index in [1.807, 2.05) is 28.5 Å². The predicted molar refractivity (Wildman–Crippen MR) is 106 cm³/mol. The van der Waals surface area contributed by atoms with Crippen LogP contribution in [-0.4, -0.2) is 50.3 Å². The third-order valence-corrected chi connectivity index (χ3v) is 5.35. The Morgan fingerprint density at radius 3 is 2.54 bits per heavy atom. The summed E-state index contributed by atoms with van der Waals surface area (Å²) in [4.78, 5) is 18.9. The van der Waals surface area contributed by atoms with Crippen LogP contribution in [0.5, 0.6) is 17.2 Å². The number of para-hydroxylation sites is 1. The number of ether oxygens (including phenoxy) is 4. The zero-order valence-corrected chi connectivity index (χ0v) is 17.3. The molecule has 1 saturated carbocycles. The Hall–Kier alpha value is -2.32. The molecule has 1 aliphatic rings. The van der Waals surface area contributed by atoms with Gasteiger partial charge in [-0.2, -0.15) is 0 Å². The molecule has 7 nitrogen and oxygen atoms in total. The van der Waals surface area contributed by atoms with Crippen molar-refractivity contribution in [3.05, 3.63) is 34.3 Å². The summed E-state index contributed by atoms with van der Waals surface area (Å²) in [7, 11) is 4.83. The van der Waals surface area contributed by atoms with Crippen LogP contribution in [-0.2, 0) is 22.7 Å². The number of amides is 1. The Labute approximate surface area is 169 Å². The van der Waals surface area contributed by atoms with Gasteiger partial charge in [0.1, 0.15) is 11.6 Å². The van der Waals surface area contributed by atoms with Crippen molar-refractivity contribution in [3.8, 4) is 17.2 Å². The number of nitrogens with zero attached hydrogens (tertiary/aromatic N) is 2. The molecule has 8 heteroatoms. The van der Waals surface area contributed by atoms with Gasteiger partial charge in [0.2, 0.25) is 11.7 Å². The number of methoxy groups -OCH3 is 3. The van der Waals surface area contributed by atoms with Crippen molar-refractivity contribution < 1.29 is 23.7 Å². The van der Waals surface area contributed by atoms with Gasteiger partial charge in [0, 0.05) is 25.0 Å². The fourth-order valence-corrected chi connectivity index (χ4v) is 3.53. The lowest BCUT2D eigenvalue weighted by atomic mass is 10.3. The van der Waals surface area contributed by atoms with E-state index in [0.717, 1.165) is 23.5 Å². The molecule has 1 amide bonds. The number of hydrogen-bond acceptors (Lipinski definition) is 7. The van der Waals surface area contributed by atoms with E-state index in [1.165, 1.54) is 11.3 Å². The van der Waals surface area contributed by atoms with Crippen LogP contribution in [0, 0.1) is 5.92 Å². The Morgan fingerprint density at radius 2 is 1.93 bits per heavy atom. The van der Waals surface area contributed by atoms with E-state index in [0.29, 0.717) is 43.6 Å². The van der Waals surface area contributed by atoms with Gasteiger partial charge < -0.3 is 23.8 Å². The SMILES string of the molecule is COCCN(Cc1csc(COc2c(OC)cccc2OC)n1)C(=O)C1CC1. The highest BCUT2D eigenvalue weighted by Crippen LogP contribution is 2.37. The molecule has 0 unspecified atom stereocenters. The van der Waals surface area contributed by atoms with E-state index >= 15 is 0 Å². The van der Waals surface area contributed by atoms with Crippen molar-refractivity contribution in [1.29, 1.82) is 0 Å². The fourth-order valence-electron chi connectivity index (χ4n) is 2.83. The quantitative estimate of drug-likeness (QED) is 0.571. The topological polar surface area (TPSA) is 70.1 Å². The Kier molecular flexibility index (Phi) is 7.11. The van der Waals surface area contributed by atoms with Gasteiger partial charge in [0.15, 0.2) is 11.5 Å². The highest BCUT2D eigenvalue weighted by molar-refractivity contribution is 7.09. The second-order valence-corrected chi connectivity index (χ2v) is 7.48. The summed E-state index contributed by atoms with van der Waals surface area (Å²) in [5.74, 6) is 2.14. The predicted octanol–water partition coefficient (Wildman–Crippen LogP) is 3.12.